The average Bonchev–Trinajstić information content (AvgIpc) is 2.90. The number of carbonyl (C=O) groups is 1. The van der Waals surface area contributed by atoms with Gasteiger partial charge in [-0.3, -0.25) is 4.79 Å². The van der Waals surface area contributed by atoms with Crippen LogP contribution in [-0.4, -0.2) is 24.5 Å². The first-order chi connectivity index (χ1) is 9.63. The summed E-state index contributed by atoms with van der Waals surface area (Å²) in [7, 11) is 0. The van der Waals surface area contributed by atoms with Crippen LogP contribution in [0.4, 0.5) is 0 Å². The molecule has 1 aromatic carbocycles. The lowest BCUT2D eigenvalue weighted by molar-refractivity contribution is -0.122. The van der Waals surface area contributed by atoms with Gasteiger partial charge in [-0.15, -0.1) is 12.4 Å². The van der Waals surface area contributed by atoms with E-state index in [0.29, 0.717) is 12.5 Å². The molecule has 118 valence electrons. The Labute approximate surface area is 141 Å². The predicted molar refractivity (Wildman–Crippen MR) is 93.0 cm³/mol. The fourth-order valence-electron chi connectivity index (χ4n) is 2.59. The first-order valence-electron chi connectivity index (χ1n) is 7.40. The van der Waals surface area contributed by atoms with Crippen molar-refractivity contribution in [2.45, 2.75) is 51.1 Å². The Kier molecular flexibility index (Phi) is 8.30. The van der Waals surface area contributed by atoms with Crippen molar-refractivity contribution in [1.82, 2.24) is 10.6 Å². The van der Waals surface area contributed by atoms with Crippen molar-refractivity contribution in [3.63, 3.8) is 0 Å². The molecule has 1 heterocycles. The summed E-state index contributed by atoms with van der Waals surface area (Å²) in [5.74, 6) is 0.174. The van der Waals surface area contributed by atoms with E-state index in [1.54, 1.807) is 0 Å². The quantitative estimate of drug-likeness (QED) is 0.799. The van der Waals surface area contributed by atoms with Crippen molar-refractivity contribution in [3.05, 3.63) is 34.3 Å². The van der Waals surface area contributed by atoms with E-state index in [1.165, 1.54) is 12.0 Å². The molecule has 1 amide bonds. The van der Waals surface area contributed by atoms with E-state index in [0.717, 1.165) is 30.3 Å². The highest BCUT2D eigenvalue weighted by Gasteiger charge is 2.18. The van der Waals surface area contributed by atoms with Crippen molar-refractivity contribution in [2.75, 3.05) is 6.54 Å². The van der Waals surface area contributed by atoms with Gasteiger partial charge in [0.2, 0.25) is 5.91 Å². The number of nitrogens with one attached hydrogen (secondary N) is 2. The number of carbonyl (C=O) groups excluding carboxylic acids is 1. The van der Waals surface area contributed by atoms with Gasteiger partial charge in [-0.1, -0.05) is 28.1 Å². The SMILES string of the molecule is CC(CCc1ccc(Br)cc1)NC(=O)CC1CCCN1.Cl. The Balaban J connectivity index is 0.00000220. The van der Waals surface area contributed by atoms with Crippen LogP contribution in [0.1, 0.15) is 38.2 Å². The molecule has 3 nitrogen and oxygen atoms in total. The first kappa shape index (κ1) is 18.5. The maximum absolute atomic E-state index is 11.9. The van der Waals surface area contributed by atoms with Crippen molar-refractivity contribution in [1.29, 1.82) is 0 Å². The van der Waals surface area contributed by atoms with Gasteiger partial charge in [0.05, 0.1) is 0 Å². The molecule has 0 aromatic heterocycles. The zero-order valence-corrected chi connectivity index (χ0v) is 14.8. The number of aryl methyl sites for hydroxylation is 1. The molecule has 21 heavy (non-hydrogen) atoms. The normalized spacial score (nSPS) is 18.9. The zero-order valence-electron chi connectivity index (χ0n) is 12.4. The molecule has 1 saturated heterocycles. The highest BCUT2D eigenvalue weighted by Crippen LogP contribution is 2.13. The van der Waals surface area contributed by atoms with Crippen molar-refractivity contribution in [2.24, 2.45) is 0 Å². The lowest BCUT2D eigenvalue weighted by Crippen LogP contribution is -2.37. The Morgan fingerprint density at radius 1 is 1.43 bits per heavy atom. The summed E-state index contributed by atoms with van der Waals surface area (Å²) in [5.41, 5.74) is 1.31. The molecule has 0 aliphatic carbocycles. The second-order valence-electron chi connectivity index (χ2n) is 5.63. The van der Waals surface area contributed by atoms with E-state index < -0.39 is 0 Å². The summed E-state index contributed by atoms with van der Waals surface area (Å²) in [6.07, 6.45) is 4.91. The van der Waals surface area contributed by atoms with Gasteiger partial charge in [0.1, 0.15) is 0 Å². The van der Waals surface area contributed by atoms with Gasteiger partial charge in [-0.05, 0) is 56.8 Å². The topological polar surface area (TPSA) is 41.1 Å². The van der Waals surface area contributed by atoms with Crippen molar-refractivity contribution < 1.29 is 4.79 Å². The number of hydrogen-bond acceptors (Lipinski definition) is 2. The summed E-state index contributed by atoms with van der Waals surface area (Å²) in [6.45, 7) is 3.13. The van der Waals surface area contributed by atoms with Crippen LogP contribution in [0.15, 0.2) is 28.7 Å². The molecule has 0 spiro atoms. The number of halogens is 2. The van der Waals surface area contributed by atoms with Gasteiger partial charge in [-0.25, -0.2) is 0 Å². The van der Waals surface area contributed by atoms with Crippen LogP contribution in [0.25, 0.3) is 0 Å². The van der Waals surface area contributed by atoms with Crippen LogP contribution in [0.5, 0.6) is 0 Å². The van der Waals surface area contributed by atoms with E-state index in [-0.39, 0.29) is 24.4 Å². The third-order valence-electron chi connectivity index (χ3n) is 3.78. The molecule has 0 radical (unpaired) electrons. The highest BCUT2D eigenvalue weighted by molar-refractivity contribution is 9.10. The second kappa shape index (κ2) is 9.44. The fraction of sp³-hybridized carbons (Fsp3) is 0.562. The van der Waals surface area contributed by atoms with E-state index in [4.69, 9.17) is 0 Å². The van der Waals surface area contributed by atoms with Crippen LogP contribution in [0.3, 0.4) is 0 Å². The number of hydrogen-bond donors (Lipinski definition) is 2. The predicted octanol–water partition coefficient (Wildman–Crippen LogP) is 3.45. The minimum atomic E-state index is 0. The van der Waals surface area contributed by atoms with Gasteiger partial charge in [0.25, 0.3) is 0 Å². The third kappa shape index (κ3) is 6.81. The van der Waals surface area contributed by atoms with E-state index in [2.05, 4.69) is 57.8 Å². The third-order valence-corrected chi connectivity index (χ3v) is 4.31. The maximum Gasteiger partial charge on any atom is 0.221 e. The number of rotatable bonds is 6. The van der Waals surface area contributed by atoms with E-state index in [1.807, 2.05) is 0 Å². The van der Waals surface area contributed by atoms with Crippen LogP contribution in [0.2, 0.25) is 0 Å². The van der Waals surface area contributed by atoms with E-state index in [9.17, 15) is 4.79 Å². The zero-order chi connectivity index (χ0) is 14.4. The van der Waals surface area contributed by atoms with Gasteiger partial charge in [0.15, 0.2) is 0 Å². The molecule has 1 fully saturated rings. The highest BCUT2D eigenvalue weighted by atomic mass is 79.9. The second-order valence-corrected chi connectivity index (χ2v) is 6.55. The lowest BCUT2D eigenvalue weighted by Gasteiger charge is -2.16. The monoisotopic (exact) mass is 374 g/mol. The molecule has 5 heteroatoms. The first-order valence-corrected chi connectivity index (χ1v) is 8.20. The molecule has 1 aliphatic heterocycles. The van der Waals surface area contributed by atoms with Crippen LogP contribution in [0, 0.1) is 0 Å². The smallest absolute Gasteiger partial charge is 0.221 e. The summed E-state index contributed by atoms with van der Waals surface area (Å²) in [5, 5.41) is 6.46. The average molecular weight is 376 g/mol. The van der Waals surface area contributed by atoms with Gasteiger partial charge in [0, 0.05) is 23.0 Å². The standard InChI is InChI=1S/C16H23BrN2O.ClH/c1-12(4-5-13-6-8-14(17)9-7-13)19-16(20)11-15-3-2-10-18-15;/h6-9,12,15,18H,2-5,10-11H2,1H3,(H,19,20);1H. The van der Waals surface area contributed by atoms with Crippen LogP contribution in [-0.2, 0) is 11.2 Å². The van der Waals surface area contributed by atoms with Crippen molar-refractivity contribution >= 4 is 34.2 Å². The summed E-state index contributed by atoms with van der Waals surface area (Å²) >= 11 is 3.44. The van der Waals surface area contributed by atoms with E-state index >= 15 is 0 Å². The molecule has 2 rings (SSSR count). The molecule has 2 N–H and O–H groups in total. The molecule has 2 atom stereocenters. The van der Waals surface area contributed by atoms with Crippen LogP contribution >= 0.6 is 28.3 Å². The van der Waals surface area contributed by atoms with Gasteiger partial charge >= 0.3 is 0 Å². The summed E-state index contributed by atoms with van der Waals surface area (Å²) < 4.78 is 1.10. The molecule has 1 aliphatic rings. The molecule has 0 saturated carbocycles. The van der Waals surface area contributed by atoms with Crippen molar-refractivity contribution in [3.8, 4) is 0 Å². The van der Waals surface area contributed by atoms with Crippen LogP contribution < -0.4 is 10.6 Å². The maximum atomic E-state index is 11.9. The summed E-state index contributed by atoms with van der Waals surface area (Å²) in [6, 6.07) is 8.98. The molecule has 1 aromatic rings. The number of benzene rings is 1. The number of amides is 1. The largest absolute Gasteiger partial charge is 0.354 e. The summed E-state index contributed by atoms with van der Waals surface area (Å²) in [4.78, 5) is 11.9. The van der Waals surface area contributed by atoms with Gasteiger partial charge in [-0.2, -0.15) is 0 Å². The molecule has 0 bridgehead atoms. The fourth-order valence-corrected chi connectivity index (χ4v) is 2.86. The van der Waals surface area contributed by atoms with Gasteiger partial charge < -0.3 is 10.6 Å². The Hall–Kier alpha value is -0.580. The molecule has 2 unspecified atom stereocenters. The Bertz CT molecular complexity index is 432. The lowest BCUT2D eigenvalue weighted by atomic mass is 10.1. The molecular weight excluding hydrogens is 352 g/mol. The Morgan fingerprint density at radius 3 is 2.76 bits per heavy atom. The Morgan fingerprint density at radius 2 is 2.14 bits per heavy atom. The minimum absolute atomic E-state index is 0. The minimum Gasteiger partial charge on any atom is -0.354 e. The molecular formula is C16H24BrClN2O.